The largest absolute Gasteiger partial charge is 0.381 e. The second-order valence-electron chi connectivity index (χ2n) is 4.82. The summed E-state index contributed by atoms with van der Waals surface area (Å²) in [7, 11) is 2.02. The Morgan fingerprint density at radius 1 is 1.14 bits per heavy atom. The first-order valence-corrected chi connectivity index (χ1v) is 5.80. The second kappa shape index (κ2) is 8.25. The van der Waals surface area contributed by atoms with Gasteiger partial charge in [-0.1, -0.05) is 27.7 Å². The summed E-state index contributed by atoms with van der Waals surface area (Å²) < 4.78 is 5.59. The molecule has 1 atom stereocenters. The van der Waals surface area contributed by atoms with Crippen molar-refractivity contribution >= 4 is 0 Å². The molecule has 86 valence electrons. The molecule has 0 aromatic rings. The lowest BCUT2D eigenvalue weighted by molar-refractivity contribution is 0.0924. The molecular weight excluding hydrogens is 174 g/mol. The molecule has 0 heterocycles. The van der Waals surface area contributed by atoms with Crippen molar-refractivity contribution in [1.29, 1.82) is 0 Å². The van der Waals surface area contributed by atoms with Crippen LogP contribution in [0.2, 0.25) is 0 Å². The molecule has 14 heavy (non-hydrogen) atoms. The SMILES string of the molecule is CNCC(CCOCC(C)C)C(C)C. The minimum atomic E-state index is 0.650. The van der Waals surface area contributed by atoms with Crippen molar-refractivity contribution in [2.24, 2.45) is 17.8 Å². The Morgan fingerprint density at radius 3 is 2.21 bits per heavy atom. The summed E-state index contributed by atoms with van der Waals surface area (Å²) in [5.74, 6) is 2.13. The highest BCUT2D eigenvalue weighted by atomic mass is 16.5. The van der Waals surface area contributed by atoms with Gasteiger partial charge in [0.05, 0.1) is 0 Å². The van der Waals surface area contributed by atoms with Gasteiger partial charge in [-0.2, -0.15) is 0 Å². The van der Waals surface area contributed by atoms with Crippen LogP contribution in [0.15, 0.2) is 0 Å². The first-order chi connectivity index (χ1) is 6.57. The van der Waals surface area contributed by atoms with Crippen LogP contribution < -0.4 is 5.32 Å². The molecular formula is C12H27NO. The minimum Gasteiger partial charge on any atom is -0.381 e. The van der Waals surface area contributed by atoms with Crippen LogP contribution >= 0.6 is 0 Å². The summed E-state index contributed by atoms with van der Waals surface area (Å²) in [6.07, 6.45) is 1.17. The summed E-state index contributed by atoms with van der Waals surface area (Å²) in [4.78, 5) is 0. The highest BCUT2D eigenvalue weighted by molar-refractivity contribution is 4.64. The van der Waals surface area contributed by atoms with Gasteiger partial charge in [0.15, 0.2) is 0 Å². The van der Waals surface area contributed by atoms with Gasteiger partial charge in [0.1, 0.15) is 0 Å². The van der Waals surface area contributed by atoms with E-state index in [1.807, 2.05) is 7.05 Å². The van der Waals surface area contributed by atoms with Crippen LogP contribution in [0.4, 0.5) is 0 Å². The monoisotopic (exact) mass is 201 g/mol. The van der Waals surface area contributed by atoms with E-state index < -0.39 is 0 Å². The predicted molar refractivity (Wildman–Crippen MR) is 62.5 cm³/mol. The fourth-order valence-corrected chi connectivity index (χ4v) is 1.49. The number of ether oxygens (including phenoxy) is 1. The number of nitrogens with one attached hydrogen (secondary N) is 1. The van der Waals surface area contributed by atoms with E-state index >= 15 is 0 Å². The maximum absolute atomic E-state index is 5.59. The summed E-state index contributed by atoms with van der Waals surface area (Å²) >= 11 is 0. The molecule has 0 fully saturated rings. The Bertz CT molecular complexity index is 123. The summed E-state index contributed by atoms with van der Waals surface area (Å²) in [6.45, 7) is 11.8. The first-order valence-electron chi connectivity index (χ1n) is 5.80. The predicted octanol–water partition coefficient (Wildman–Crippen LogP) is 2.54. The molecule has 0 aromatic carbocycles. The van der Waals surface area contributed by atoms with E-state index in [-0.39, 0.29) is 0 Å². The van der Waals surface area contributed by atoms with Gasteiger partial charge >= 0.3 is 0 Å². The number of rotatable bonds is 8. The molecule has 1 unspecified atom stereocenters. The Morgan fingerprint density at radius 2 is 1.79 bits per heavy atom. The quantitative estimate of drug-likeness (QED) is 0.609. The van der Waals surface area contributed by atoms with Gasteiger partial charge in [-0.25, -0.2) is 0 Å². The molecule has 0 radical (unpaired) electrons. The zero-order chi connectivity index (χ0) is 11.0. The normalized spacial score (nSPS) is 13.9. The molecule has 0 saturated carbocycles. The average molecular weight is 201 g/mol. The highest BCUT2D eigenvalue weighted by Gasteiger charge is 2.11. The number of hydrogen-bond acceptors (Lipinski definition) is 2. The highest BCUT2D eigenvalue weighted by Crippen LogP contribution is 2.14. The van der Waals surface area contributed by atoms with Crippen molar-refractivity contribution in [3.63, 3.8) is 0 Å². The molecule has 0 rings (SSSR count). The maximum Gasteiger partial charge on any atom is 0.0488 e. The molecule has 0 saturated heterocycles. The van der Waals surface area contributed by atoms with Gasteiger partial charge in [0, 0.05) is 13.2 Å². The van der Waals surface area contributed by atoms with E-state index in [0.29, 0.717) is 5.92 Å². The van der Waals surface area contributed by atoms with E-state index in [1.165, 1.54) is 6.42 Å². The van der Waals surface area contributed by atoms with Gasteiger partial charge in [0.25, 0.3) is 0 Å². The van der Waals surface area contributed by atoms with Crippen molar-refractivity contribution in [3.8, 4) is 0 Å². The van der Waals surface area contributed by atoms with Gasteiger partial charge in [-0.15, -0.1) is 0 Å². The van der Waals surface area contributed by atoms with Gasteiger partial charge in [0.2, 0.25) is 0 Å². The zero-order valence-electron chi connectivity index (χ0n) is 10.5. The van der Waals surface area contributed by atoms with Crippen LogP contribution in [0.25, 0.3) is 0 Å². The minimum absolute atomic E-state index is 0.650. The van der Waals surface area contributed by atoms with E-state index in [1.54, 1.807) is 0 Å². The molecule has 0 spiro atoms. The molecule has 1 N–H and O–H groups in total. The van der Waals surface area contributed by atoms with Gasteiger partial charge in [-0.3, -0.25) is 0 Å². The van der Waals surface area contributed by atoms with Gasteiger partial charge in [-0.05, 0) is 37.8 Å². The van der Waals surface area contributed by atoms with E-state index in [4.69, 9.17) is 4.74 Å². The van der Waals surface area contributed by atoms with Crippen LogP contribution in [0.3, 0.4) is 0 Å². The van der Waals surface area contributed by atoms with Crippen LogP contribution in [0.1, 0.15) is 34.1 Å². The fourth-order valence-electron chi connectivity index (χ4n) is 1.49. The molecule has 0 aliphatic carbocycles. The van der Waals surface area contributed by atoms with Gasteiger partial charge < -0.3 is 10.1 Å². The molecule has 0 aliphatic heterocycles. The molecule has 0 aliphatic rings. The zero-order valence-corrected chi connectivity index (χ0v) is 10.5. The lowest BCUT2D eigenvalue weighted by Gasteiger charge is -2.20. The molecule has 2 heteroatoms. The first kappa shape index (κ1) is 13.9. The number of hydrogen-bond donors (Lipinski definition) is 1. The van der Waals surface area contributed by atoms with E-state index in [0.717, 1.165) is 31.6 Å². The topological polar surface area (TPSA) is 21.3 Å². The van der Waals surface area contributed by atoms with Crippen LogP contribution in [0.5, 0.6) is 0 Å². The molecule has 0 amide bonds. The average Bonchev–Trinajstić information content (AvgIpc) is 2.09. The Labute approximate surface area is 89.4 Å². The smallest absolute Gasteiger partial charge is 0.0488 e. The van der Waals surface area contributed by atoms with Crippen LogP contribution in [0, 0.1) is 17.8 Å². The molecule has 0 bridgehead atoms. The summed E-state index contributed by atoms with van der Waals surface area (Å²) in [6, 6.07) is 0. The summed E-state index contributed by atoms with van der Waals surface area (Å²) in [5.41, 5.74) is 0. The lowest BCUT2D eigenvalue weighted by atomic mass is 9.93. The Kier molecular flexibility index (Phi) is 8.20. The van der Waals surface area contributed by atoms with E-state index in [9.17, 15) is 0 Å². The standard InChI is InChI=1S/C12H27NO/c1-10(2)9-14-7-6-12(8-13-5)11(3)4/h10-13H,6-9H2,1-5H3. The van der Waals surface area contributed by atoms with Crippen LogP contribution in [-0.2, 0) is 4.74 Å². The summed E-state index contributed by atoms with van der Waals surface area (Å²) in [5, 5.41) is 3.24. The Hall–Kier alpha value is -0.0800. The second-order valence-corrected chi connectivity index (χ2v) is 4.82. The third-order valence-electron chi connectivity index (χ3n) is 2.49. The molecule has 2 nitrogen and oxygen atoms in total. The van der Waals surface area contributed by atoms with Crippen molar-refractivity contribution in [2.75, 3.05) is 26.8 Å². The maximum atomic E-state index is 5.59. The Balaban J connectivity index is 3.50. The lowest BCUT2D eigenvalue weighted by Crippen LogP contribution is -2.24. The van der Waals surface area contributed by atoms with Crippen LogP contribution in [-0.4, -0.2) is 26.8 Å². The molecule has 0 aromatic heterocycles. The van der Waals surface area contributed by atoms with E-state index in [2.05, 4.69) is 33.0 Å². The third-order valence-corrected chi connectivity index (χ3v) is 2.49. The van der Waals surface area contributed by atoms with Crippen molar-refractivity contribution < 1.29 is 4.74 Å². The van der Waals surface area contributed by atoms with Crippen molar-refractivity contribution in [1.82, 2.24) is 5.32 Å². The third kappa shape index (κ3) is 7.34. The van der Waals surface area contributed by atoms with Crippen molar-refractivity contribution in [3.05, 3.63) is 0 Å². The fraction of sp³-hybridized carbons (Fsp3) is 1.00. The van der Waals surface area contributed by atoms with Crippen molar-refractivity contribution in [2.45, 2.75) is 34.1 Å².